The number of urea groups is 1. The summed E-state index contributed by atoms with van der Waals surface area (Å²) in [5, 5.41) is 13.9. The normalized spacial score (nSPS) is 11.1. The number of nitrogens with zero attached hydrogens (tertiary/aromatic N) is 2. The monoisotopic (exact) mass is 360 g/mol. The molecular weight excluding hydrogens is 344 g/mol. The van der Waals surface area contributed by atoms with Crippen molar-refractivity contribution >= 4 is 29.4 Å². The molecule has 0 aliphatic carbocycles. The Kier molecular flexibility index (Phi) is 6.08. The lowest BCUT2D eigenvalue weighted by Gasteiger charge is -2.13. The number of rotatable bonds is 4. The smallest absolute Gasteiger partial charge is 0.323 e. The maximum absolute atomic E-state index is 11.8. The number of carboxylic acid groups (broad SMARTS) is 1. The van der Waals surface area contributed by atoms with Crippen molar-refractivity contribution < 1.29 is 14.7 Å². The van der Waals surface area contributed by atoms with Gasteiger partial charge < -0.3 is 10.4 Å². The van der Waals surface area contributed by atoms with Crippen LogP contribution in [0.4, 0.5) is 4.79 Å². The highest BCUT2D eigenvalue weighted by Gasteiger charge is 2.13. The topological polar surface area (TPSA) is 104 Å². The van der Waals surface area contributed by atoms with Gasteiger partial charge in [-0.05, 0) is 30.7 Å². The first kappa shape index (κ1) is 18.4. The first-order chi connectivity index (χ1) is 11.9. The second-order valence-corrected chi connectivity index (χ2v) is 5.54. The van der Waals surface area contributed by atoms with Crippen LogP contribution in [0.5, 0.6) is 0 Å². The van der Waals surface area contributed by atoms with E-state index in [1.165, 1.54) is 7.05 Å². The molecule has 2 amide bonds. The predicted molar refractivity (Wildman–Crippen MR) is 96.1 cm³/mol. The highest BCUT2D eigenvalue weighted by atomic mass is 35.5. The van der Waals surface area contributed by atoms with Gasteiger partial charge >= 0.3 is 12.0 Å². The summed E-state index contributed by atoms with van der Waals surface area (Å²) in [4.78, 5) is 30.7. The van der Waals surface area contributed by atoms with Crippen LogP contribution in [-0.4, -0.2) is 41.5 Å². The van der Waals surface area contributed by atoms with Crippen LogP contribution in [0.2, 0.25) is 5.02 Å². The Morgan fingerprint density at radius 3 is 2.72 bits per heavy atom. The molecule has 0 bridgehead atoms. The number of carbonyl (C=O) groups is 2. The lowest BCUT2D eigenvalue weighted by molar-refractivity contribution is -0.135. The number of pyridine rings is 1. The van der Waals surface area contributed by atoms with Crippen LogP contribution in [0.1, 0.15) is 11.1 Å². The van der Waals surface area contributed by atoms with E-state index < -0.39 is 18.5 Å². The molecule has 0 atom stereocenters. The van der Waals surface area contributed by atoms with E-state index in [-0.39, 0.29) is 0 Å². The number of carboxylic acids is 1. The van der Waals surface area contributed by atoms with Gasteiger partial charge in [0.2, 0.25) is 0 Å². The molecule has 1 heterocycles. The molecule has 0 spiro atoms. The van der Waals surface area contributed by atoms with E-state index in [0.29, 0.717) is 22.1 Å². The molecule has 0 radical (unpaired) electrons. The largest absolute Gasteiger partial charge is 0.480 e. The van der Waals surface area contributed by atoms with Crippen LogP contribution in [0.15, 0.2) is 41.5 Å². The molecule has 0 aliphatic heterocycles. The summed E-state index contributed by atoms with van der Waals surface area (Å²) in [7, 11) is 1.53. The predicted octanol–water partition coefficient (Wildman–Crippen LogP) is 2.47. The molecule has 130 valence electrons. The number of amidine groups is 1. The van der Waals surface area contributed by atoms with Crippen LogP contribution in [-0.2, 0) is 4.79 Å². The van der Waals surface area contributed by atoms with Gasteiger partial charge in [-0.25, -0.2) is 4.79 Å². The fraction of sp³-hybridized carbons (Fsp3) is 0.176. The Hall–Kier alpha value is -2.93. The van der Waals surface area contributed by atoms with E-state index in [0.717, 1.165) is 11.1 Å². The molecule has 0 saturated carbocycles. The molecule has 25 heavy (non-hydrogen) atoms. The van der Waals surface area contributed by atoms with Crippen molar-refractivity contribution in [2.45, 2.75) is 6.92 Å². The number of hydrogen-bond acceptors (Lipinski definition) is 4. The molecule has 8 heteroatoms. The van der Waals surface area contributed by atoms with E-state index in [2.05, 4.69) is 20.6 Å². The SMILES string of the molecule is C/N=C(/NC(=O)NCC(=O)O)c1cc(-c2ncccc2Cl)ccc1C. The molecule has 2 aromatic rings. The molecule has 1 aromatic heterocycles. The molecule has 2 rings (SSSR count). The van der Waals surface area contributed by atoms with Crippen LogP contribution >= 0.6 is 11.6 Å². The van der Waals surface area contributed by atoms with Gasteiger partial charge in [-0.1, -0.05) is 23.7 Å². The van der Waals surface area contributed by atoms with Crippen molar-refractivity contribution in [2.24, 2.45) is 4.99 Å². The lowest BCUT2D eigenvalue weighted by atomic mass is 10.0. The standard InChI is InChI=1S/C17H17ClN4O3/c1-10-5-6-11(15-13(18)4-3-7-20-15)8-12(10)16(19-2)22-17(25)21-9-14(23)24/h3-8H,9H2,1-2H3,(H,23,24)(H2,19,21,22,25). The molecule has 0 aliphatic rings. The van der Waals surface area contributed by atoms with Crippen LogP contribution in [0, 0.1) is 6.92 Å². The Bertz CT molecular complexity index is 836. The summed E-state index contributed by atoms with van der Waals surface area (Å²) >= 11 is 6.19. The van der Waals surface area contributed by atoms with E-state index in [1.54, 1.807) is 18.3 Å². The number of amides is 2. The minimum atomic E-state index is -1.13. The number of aliphatic imine (C=N–C) groups is 1. The average Bonchev–Trinajstić information content (AvgIpc) is 2.59. The summed E-state index contributed by atoms with van der Waals surface area (Å²) in [6, 6.07) is 8.42. The maximum atomic E-state index is 11.8. The van der Waals surface area contributed by atoms with Crippen LogP contribution in [0.25, 0.3) is 11.3 Å². The van der Waals surface area contributed by atoms with Crippen molar-refractivity contribution in [1.82, 2.24) is 15.6 Å². The van der Waals surface area contributed by atoms with Crippen molar-refractivity contribution in [1.29, 1.82) is 0 Å². The zero-order valence-corrected chi connectivity index (χ0v) is 14.5. The van der Waals surface area contributed by atoms with Crippen LogP contribution in [0.3, 0.4) is 0 Å². The number of carbonyl (C=O) groups excluding carboxylic acids is 1. The van der Waals surface area contributed by atoms with Gasteiger partial charge in [0.05, 0.1) is 10.7 Å². The minimum absolute atomic E-state index is 0.314. The fourth-order valence-corrected chi connectivity index (χ4v) is 2.40. The molecule has 7 nitrogen and oxygen atoms in total. The molecule has 3 N–H and O–H groups in total. The highest BCUT2D eigenvalue weighted by molar-refractivity contribution is 6.33. The zero-order valence-electron chi connectivity index (χ0n) is 13.7. The Morgan fingerprint density at radius 2 is 2.08 bits per heavy atom. The zero-order chi connectivity index (χ0) is 18.4. The lowest BCUT2D eigenvalue weighted by Crippen LogP contribution is -2.42. The van der Waals surface area contributed by atoms with Gasteiger partial charge in [0.1, 0.15) is 12.4 Å². The molecule has 0 unspecified atom stereocenters. The van der Waals surface area contributed by atoms with Crippen molar-refractivity contribution in [3.8, 4) is 11.3 Å². The fourth-order valence-electron chi connectivity index (χ4n) is 2.17. The molecular formula is C17H17ClN4O3. The van der Waals surface area contributed by atoms with Crippen molar-refractivity contribution in [3.63, 3.8) is 0 Å². The Balaban J connectivity index is 2.31. The van der Waals surface area contributed by atoms with Gasteiger partial charge in [-0.2, -0.15) is 0 Å². The Labute approximate surface area is 149 Å². The van der Waals surface area contributed by atoms with Crippen LogP contribution < -0.4 is 10.6 Å². The van der Waals surface area contributed by atoms with Gasteiger partial charge in [-0.3, -0.25) is 20.1 Å². The number of aromatic nitrogens is 1. The number of aliphatic carboxylic acids is 1. The van der Waals surface area contributed by atoms with Gasteiger partial charge in [0, 0.05) is 24.4 Å². The van der Waals surface area contributed by atoms with Gasteiger partial charge in [0.15, 0.2) is 0 Å². The average molecular weight is 361 g/mol. The third kappa shape index (κ3) is 4.77. The first-order valence-corrected chi connectivity index (χ1v) is 7.75. The Morgan fingerprint density at radius 1 is 1.32 bits per heavy atom. The minimum Gasteiger partial charge on any atom is -0.480 e. The van der Waals surface area contributed by atoms with E-state index in [1.807, 2.05) is 25.1 Å². The van der Waals surface area contributed by atoms with Crippen molar-refractivity contribution in [2.75, 3.05) is 13.6 Å². The number of benzene rings is 1. The molecule has 1 aromatic carbocycles. The summed E-state index contributed by atoms with van der Waals surface area (Å²) < 4.78 is 0. The molecule has 0 saturated heterocycles. The highest BCUT2D eigenvalue weighted by Crippen LogP contribution is 2.27. The third-order valence-electron chi connectivity index (χ3n) is 3.38. The van der Waals surface area contributed by atoms with E-state index >= 15 is 0 Å². The second kappa shape index (κ2) is 8.25. The van der Waals surface area contributed by atoms with Crippen molar-refractivity contribution in [3.05, 3.63) is 52.7 Å². The van der Waals surface area contributed by atoms with E-state index in [9.17, 15) is 9.59 Å². The number of halogens is 1. The quantitative estimate of drug-likeness (QED) is 0.575. The summed E-state index contributed by atoms with van der Waals surface area (Å²) in [5.41, 5.74) is 2.97. The summed E-state index contributed by atoms with van der Waals surface area (Å²) in [5.74, 6) is -0.817. The third-order valence-corrected chi connectivity index (χ3v) is 3.69. The molecule has 0 fully saturated rings. The summed E-state index contributed by atoms with van der Waals surface area (Å²) in [6.45, 7) is 1.40. The first-order valence-electron chi connectivity index (χ1n) is 7.37. The van der Waals surface area contributed by atoms with Gasteiger partial charge in [-0.15, -0.1) is 0 Å². The number of hydrogen-bond donors (Lipinski definition) is 3. The number of nitrogens with one attached hydrogen (secondary N) is 2. The summed E-state index contributed by atoms with van der Waals surface area (Å²) in [6.07, 6.45) is 1.65. The second-order valence-electron chi connectivity index (χ2n) is 5.14. The van der Waals surface area contributed by atoms with Gasteiger partial charge in [0.25, 0.3) is 0 Å². The van der Waals surface area contributed by atoms with E-state index in [4.69, 9.17) is 16.7 Å². The maximum Gasteiger partial charge on any atom is 0.323 e. The number of aryl methyl sites for hydroxylation is 1.